The molecular weight excluding hydrogens is 267 g/mol. The Hall–Kier alpha value is 1.51. The van der Waals surface area contributed by atoms with Crippen LogP contribution >= 0.6 is 0 Å². The third-order valence-electron chi connectivity index (χ3n) is 2.65. The summed E-state index contributed by atoms with van der Waals surface area (Å²) in [5.41, 5.74) is 0. The minimum Gasteiger partial charge on any atom is -0.748 e. The van der Waals surface area contributed by atoms with E-state index in [0.29, 0.717) is 6.42 Å². The molecule has 0 aliphatic heterocycles. The van der Waals surface area contributed by atoms with Crippen molar-refractivity contribution in [2.75, 3.05) is 12.9 Å². The topological polar surface area (TPSA) is 66.4 Å². The van der Waals surface area contributed by atoms with Crippen LogP contribution in [0.1, 0.15) is 51.9 Å². The van der Waals surface area contributed by atoms with Gasteiger partial charge in [-0.1, -0.05) is 39.0 Å². The van der Waals surface area contributed by atoms with Crippen molar-refractivity contribution in [3.8, 4) is 0 Å². The molecule has 0 saturated heterocycles. The first-order chi connectivity index (χ1) is 7.49. The van der Waals surface area contributed by atoms with E-state index in [0.717, 1.165) is 19.3 Å². The Morgan fingerprint density at radius 1 is 1.12 bits per heavy atom. The molecule has 0 aromatic heterocycles. The Balaban J connectivity index is 0. The molecule has 0 N–H and O–H groups in total. The number of rotatable bonds is 10. The van der Waals surface area contributed by atoms with Gasteiger partial charge in [-0.2, -0.15) is 0 Å². The number of hydrogen-bond acceptors (Lipinski definition) is 4. The average Bonchev–Trinajstić information content (AvgIpc) is 2.21. The molecule has 17 heavy (non-hydrogen) atoms. The van der Waals surface area contributed by atoms with Gasteiger partial charge in [0, 0.05) is 12.9 Å². The van der Waals surface area contributed by atoms with Gasteiger partial charge in [0.05, 0.1) is 16.2 Å². The molecule has 6 heteroatoms. The smallest absolute Gasteiger partial charge is 0.748 e. The zero-order valence-corrected chi connectivity index (χ0v) is 15.2. The molecule has 1 atom stereocenters. The normalized spacial score (nSPS) is 13.1. The molecule has 0 aliphatic carbocycles. The maximum Gasteiger partial charge on any atom is 1.00 e. The fraction of sp³-hybridized carbons (Fsp3) is 1.00. The second kappa shape index (κ2) is 12.5. The summed E-state index contributed by atoms with van der Waals surface area (Å²) in [4.78, 5) is 0. The summed E-state index contributed by atoms with van der Waals surface area (Å²) in [5, 5.41) is 0. The quantitative estimate of drug-likeness (QED) is 0.303. The minimum atomic E-state index is -4.10. The van der Waals surface area contributed by atoms with Crippen LogP contribution in [0.4, 0.5) is 0 Å². The Bertz CT molecular complexity index is 254. The standard InChI is InChI=1S/C11H24O4S.K/c1-3-4-5-6-7-8-11(15-2)9-10-16(12,13)14;/h11H,3-10H2,1-2H3,(H,12,13,14);/q;+1/p-1. The van der Waals surface area contributed by atoms with Gasteiger partial charge in [0.1, 0.15) is 0 Å². The average molecular weight is 290 g/mol. The van der Waals surface area contributed by atoms with Gasteiger partial charge in [-0.3, -0.25) is 0 Å². The molecule has 0 saturated carbocycles. The van der Waals surface area contributed by atoms with Crippen LogP contribution in [0.3, 0.4) is 0 Å². The van der Waals surface area contributed by atoms with Crippen LogP contribution in [-0.2, 0) is 14.9 Å². The van der Waals surface area contributed by atoms with Crippen LogP contribution < -0.4 is 51.4 Å². The SMILES string of the molecule is CCCCCCCC(CCS(=O)(=O)[O-])OC.[K+]. The molecule has 0 fully saturated rings. The summed E-state index contributed by atoms with van der Waals surface area (Å²) in [7, 11) is -2.53. The fourth-order valence-corrected chi connectivity index (χ4v) is 2.18. The Morgan fingerprint density at radius 3 is 2.18 bits per heavy atom. The molecule has 98 valence electrons. The van der Waals surface area contributed by atoms with Crippen molar-refractivity contribution in [2.45, 2.75) is 58.0 Å². The molecule has 0 amide bonds. The molecule has 0 aromatic carbocycles. The predicted octanol–water partition coefficient (Wildman–Crippen LogP) is -0.699. The van der Waals surface area contributed by atoms with E-state index in [1.54, 1.807) is 7.11 Å². The maximum absolute atomic E-state index is 10.5. The Kier molecular flexibility index (Phi) is 15.3. The summed E-state index contributed by atoms with van der Waals surface area (Å²) in [6, 6.07) is 0. The van der Waals surface area contributed by atoms with E-state index in [9.17, 15) is 13.0 Å². The van der Waals surface area contributed by atoms with Gasteiger partial charge in [-0.25, -0.2) is 8.42 Å². The molecule has 0 rings (SSSR count). The number of hydrogen-bond donors (Lipinski definition) is 0. The largest absolute Gasteiger partial charge is 1.00 e. The predicted molar refractivity (Wildman–Crippen MR) is 63.4 cm³/mol. The van der Waals surface area contributed by atoms with Gasteiger partial charge in [-0.05, 0) is 12.8 Å². The zero-order chi connectivity index (χ0) is 12.4. The maximum atomic E-state index is 10.5. The van der Waals surface area contributed by atoms with Crippen LogP contribution in [0.25, 0.3) is 0 Å². The van der Waals surface area contributed by atoms with E-state index in [2.05, 4.69) is 6.92 Å². The van der Waals surface area contributed by atoms with Crippen LogP contribution in [0.2, 0.25) is 0 Å². The summed E-state index contributed by atoms with van der Waals surface area (Å²) >= 11 is 0. The first-order valence-electron chi connectivity index (χ1n) is 5.96. The molecular formula is C11H23KO4S. The van der Waals surface area contributed by atoms with Crippen molar-refractivity contribution in [3.63, 3.8) is 0 Å². The van der Waals surface area contributed by atoms with Crippen molar-refractivity contribution in [2.24, 2.45) is 0 Å². The summed E-state index contributed by atoms with van der Waals surface area (Å²) in [6.45, 7) is 2.16. The van der Waals surface area contributed by atoms with Crippen LogP contribution in [0.5, 0.6) is 0 Å². The molecule has 0 radical (unpaired) electrons. The first-order valence-corrected chi connectivity index (χ1v) is 7.53. The third-order valence-corrected chi connectivity index (χ3v) is 3.39. The van der Waals surface area contributed by atoms with E-state index in [-0.39, 0.29) is 63.2 Å². The minimum absolute atomic E-state index is 0. The fourth-order valence-electron chi connectivity index (χ4n) is 1.63. The number of methoxy groups -OCH3 is 1. The molecule has 0 bridgehead atoms. The molecule has 0 aromatic rings. The zero-order valence-electron chi connectivity index (χ0n) is 11.3. The molecule has 0 heterocycles. The van der Waals surface area contributed by atoms with Gasteiger partial charge in [0.2, 0.25) is 0 Å². The van der Waals surface area contributed by atoms with E-state index in [1.807, 2.05) is 0 Å². The van der Waals surface area contributed by atoms with E-state index >= 15 is 0 Å². The second-order valence-electron chi connectivity index (χ2n) is 4.11. The van der Waals surface area contributed by atoms with Crippen molar-refractivity contribution >= 4 is 10.1 Å². The Labute approximate surface area is 148 Å². The summed E-state index contributed by atoms with van der Waals surface area (Å²) in [6.07, 6.45) is 6.92. The monoisotopic (exact) mass is 290 g/mol. The summed E-state index contributed by atoms with van der Waals surface area (Å²) < 4.78 is 36.5. The molecule has 0 aliphatic rings. The second-order valence-corrected chi connectivity index (χ2v) is 5.63. The van der Waals surface area contributed by atoms with Crippen LogP contribution in [-0.4, -0.2) is 31.9 Å². The van der Waals surface area contributed by atoms with Crippen molar-refractivity contribution < 1.29 is 69.1 Å². The van der Waals surface area contributed by atoms with Gasteiger partial charge >= 0.3 is 51.4 Å². The Morgan fingerprint density at radius 2 is 1.71 bits per heavy atom. The van der Waals surface area contributed by atoms with Gasteiger partial charge < -0.3 is 9.29 Å². The van der Waals surface area contributed by atoms with Crippen LogP contribution in [0, 0.1) is 0 Å². The van der Waals surface area contributed by atoms with E-state index in [4.69, 9.17) is 4.74 Å². The molecule has 1 unspecified atom stereocenters. The van der Waals surface area contributed by atoms with Crippen molar-refractivity contribution in [1.29, 1.82) is 0 Å². The first kappa shape index (κ1) is 20.8. The van der Waals surface area contributed by atoms with Crippen molar-refractivity contribution in [3.05, 3.63) is 0 Å². The van der Waals surface area contributed by atoms with E-state index < -0.39 is 10.1 Å². The van der Waals surface area contributed by atoms with Gasteiger partial charge in [-0.15, -0.1) is 0 Å². The molecule has 0 spiro atoms. The van der Waals surface area contributed by atoms with Crippen molar-refractivity contribution in [1.82, 2.24) is 0 Å². The molecule has 4 nitrogen and oxygen atoms in total. The van der Waals surface area contributed by atoms with Gasteiger partial charge in [0.25, 0.3) is 0 Å². The number of ether oxygens (including phenoxy) is 1. The van der Waals surface area contributed by atoms with E-state index in [1.165, 1.54) is 19.3 Å². The number of unbranched alkanes of at least 4 members (excludes halogenated alkanes) is 4. The third kappa shape index (κ3) is 15.4. The van der Waals surface area contributed by atoms with Crippen LogP contribution in [0.15, 0.2) is 0 Å². The summed E-state index contributed by atoms with van der Waals surface area (Å²) in [5.74, 6) is -0.319. The van der Waals surface area contributed by atoms with Gasteiger partial charge in [0.15, 0.2) is 0 Å².